The number of halogens is 4. The number of Topliss-reactive ketones (excluding diaryl/α,β-unsaturated/α-hetero) is 2. The fourth-order valence-electron chi connectivity index (χ4n) is 6.24. The van der Waals surface area contributed by atoms with Gasteiger partial charge in [0, 0.05) is 28.9 Å². The Balaban J connectivity index is 1.26. The number of alkyl halides is 3. The van der Waals surface area contributed by atoms with Gasteiger partial charge in [0.25, 0.3) is 10.0 Å². The van der Waals surface area contributed by atoms with E-state index in [9.17, 15) is 35.6 Å². The Morgan fingerprint density at radius 1 is 0.870 bits per heavy atom. The predicted molar refractivity (Wildman–Crippen MR) is 166 cm³/mol. The zero-order valence-corrected chi connectivity index (χ0v) is 25.8. The van der Waals surface area contributed by atoms with Crippen LogP contribution in [0.3, 0.4) is 0 Å². The molecule has 0 unspecified atom stereocenters. The van der Waals surface area contributed by atoms with Gasteiger partial charge in [-0.2, -0.15) is 13.2 Å². The third-order valence-electron chi connectivity index (χ3n) is 8.54. The topological polar surface area (TPSA) is 74.8 Å². The van der Waals surface area contributed by atoms with Crippen LogP contribution in [0.1, 0.15) is 48.5 Å². The summed E-state index contributed by atoms with van der Waals surface area (Å²) in [5.74, 6) is -2.05. The van der Waals surface area contributed by atoms with Crippen LogP contribution in [0.15, 0.2) is 89.8 Å². The standard InChI is InChI=1S/C34H24F4N2O4S2/c1-19-24-6-4-5-9-29(24)45-33(19)40(16-20-10-13-28(35)27(14-20)34(36,37)38)46(43,44)23-12-11-21-17-39(18-22(21)15-23)30-31(41)25-7-2-3-8-26(25)32(30)42/h2-15,30H,16-18H2,1H3. The van der Waals surface area contributed by atoms with Crippen molar-refractivity contribution in [3.05, 3.63) is 130 Å². The molecular weight excluding hydrogens is 641 g/mol. The molecule has 0 spiro atoms. The minimum absolute atomic E-state index is 0.0423. The van der Waals surface area contributed by atoms with Crippen LogP contribution >= 0.6 is 11.3 Å². The van der Waals surface area contributed by atoms with Gasteiger partial charge in [-0.1, -0.05) is 54.6 Å². The molecule has 46 heavy (non-hydrogen) atoms. The van der Waals surface area contributed by atoms with E-state index >= 15 is 0 Å². The molecular formula is C34H24F4N2O4S2. The van der Waals surface area contributed by atoms with Crippen molar-refractivity contribution < 1.29 is 35.6 Å². The van der Waals surface area contributed by atoms with Gasteiger partial charge < -0.3 is 0 Å². The molecule has 5 aromatic rings. The van der Waals surface area contributed by atoms with E-state index in [2.05, 4.69) is 0 Å². The lowest BCUT2D eigenvalue weighted by Gasteiger charge is -2.25. The molecule has 1 aliphatic carbocycles. The number of carbonyl (C=O) groups is 2. The fraction of sp³-hybridized carbons (Fsp3) is 0.176. The van der Waals surface area contributed by atoms with E-state index in [0.29, 0.717) is 39.4 Å². The van der Waals surface area contributed by atoms with Crippen LogP contribution in [0.5, 0.6) is 0 Å². The van der Waals surface area contributed by atoms with Crippen LogP contribution in [0.2, 0.25) is 0 Å². The van der Waals surface area contributed by atoms with E-state index < -0.39 is 40.2 Å². The summed E-state index contributed by atoms with van der Waals surface area (Å²) in [7, 11) is -4.39. The molecule has 2 aliphatic rings. The summed E-state index contributed by atoms with van der Waals surface area (Å²) in [4.78, 5) is 27.9. The van der Waals surface area contributed by atoms with Crippen molar-refractivity contribution in [2.24, 2.45) is 0 Å². The smallest absolute Gasteiger partial charge is 0.292 e. The molecule has 1 aromatic heterocycles. The molecule has 4 aromatic carbocycles. The summed E-state index contributed by atoms with van der Waals surface area (Å²) < 4.78 is 85.5. The second kappa shape index (κ2) is 10.9. The predicted octanol–water partition coefficient (Wildman–Crippen LogP) is 7.53. The molecule has 6 nitrogen and oxygen atoms in total. The van der Waals surface area contributed by atoms with Crippen molar-refractivity contribution in [3.8, 4) is 0 Å². The van der Waals surface area contributed by atoms with E-state index in [1.807, 2.05) is 18.2 Å². The van der Waals surface area contributed by atoms with Crippen LogP contribution < -0.4 is 4.31 Å². The molecule has 1 aliphatic heterocycles. The summed E-state index contributed by atoms with van der Waals surface area (Å²) in [5, 5.41) is 1.12. The van der Waals surface area contributed by atoms with Crippen LogP contribution in [0.25, 0.3) is 10.1 Å². The van der Waals surface area contributed by atoms with Crippen LogP contribution in [-0.2, 0) is 35.8 Å². The summed E-state index contributed by atoms with van der Waals surface area (Å²) in [6.07, 6.45) is -4.97. The molecule has 7 rings (SSSR count). The fourth-order valence-corrected chi connectivity index (χ4v) is 9.23. The van der Waals surface area contributed by atoms with Crippen LogP contribution in [0.4, 0.5) is 22.6 Å². The monoisotopic (exact) mass is 664 g/mol. The zero-order valence-electron chi connectivity index (χ0n) is 24.1. The van der Waals surface area contributed by atoms with Crippen molar-refractivity contribution >= 4 is 48.0 Å². The van der Waals surface area contributed by atoms with Gasteiger partial charge in [0.15, 0.2) is 11.6 Å². The highest BCUT2D eigenvalue weighted by Crippen LogP contribution is 2.42. The molecule has 0 bridgehead atoms. The first-order chi connectivity index (χ1) is 21.8. The van der Waals surface area contributed by atoms with Gasteiger partial charge in [0.2, 0.25) is 0 Å². The van der Waals surface area contributed by atoms with Gasteiger partial charge >= 0.3 is 6.18 Å². The first kappa shape index (κ1) is 30.3. The number of ketones is 2. The lowest BCUT2D eigenvalue weighted by molar-refractivity contribution is -0.140. The Labute approximate surface area is 265 Å². The minimum Gasteiger partial charge on any atom is -0.292 e. The quantitative estimate of drug-likeness (QED) is 0.139. The maximum absolute atomic E-state index is 14.4. The molecule has 0 radical (unpaired) electrons. The van der Waals surface area contributed by atoms with Gasteiger partial charge in [-0.05, 0) is 64.9 Å². The number of benzene rings is 4. The molecule has 0 atom stereocenters. The number of anilines is 1. The van der Waals surface area contributed by atoms with E-state index in [-0.39, 0.29) is 35.1 Å². The minimum atomic E-state index is -4.97. The second-order valence-electron chi connectivity index (χ2n) is 11.4. The number of nitrogens with zero attached hydrogens (tertiary/aromatic N) is 2. The summed E-state index contributed by atoms with van der Waals surface area (Å²) >= 11 is 1.19. The normalized spacial score (nSPS) is 15.5. The van der Waals surface area contributed by atoms with E-state index in [1.165, 1.54) is 23.5 Å². The molecule has 0 saturated carbocycles. The average molecular weight is 665 g/mol. The van der Waals surface area contributed by atoms with Crippen molar-refractivity contribution in [1.29, 1.82) is 0 Å². The Bertz CT molecular complexity index is 2160. The lowest BCUT2D eigenvalue weighted by atomic mass is 10.1. The second-order valence-corrected chi connectivity index (χ2v) is 14.3. The number of thiophene rings is 1. The van der Waals surface area contributed by atoms with Crippen molar-refractivity contribution in [2.45, 2.75) is 43.7 Å². The molecule has 234 valence electrons. The first-order valence-corrected chi connectivity index (χ1v) is 16.5. The van der Waals surface area contributed by atoms with Gasteiger partial charge in [0.05, 0.1) is 17.0 Å². The molecule has 12 heteroatoms. The van der Waals surface area contributed by atoms with Crippen molar-refractivity contribution in [3.63, 3.8) is 0 Å². The first-order valence-electron chi connectivity index (χ1n) is 14.2. The summed E-state index contributed by atoms with van der Waals surface area (Å²) in [5.41, 5.74) is 1.21. The van der Waals surface area contributed by atoms with Gasteiger partial charge in [-0.15, -0.1) is 11.3 Å². The number of rotatable bonds is 6. The molecule has 0 fully saturated rings. The highest BCUT2D eigenvalue weighted by molar-refractivity contribution is 7.93. The Kier molecular flexibility index (Phi) is 7.14. The van der Waals surface area contributed by atoms with E-state index in [0.717, 1.165) is 26.0 Å². The maximum Gasteiger partial charge on any atom is 0.419 e. The van der Waals surface area contributed by atoms with Crippen LogP contribution in [-0.4, -0.2) is 30.9 Å². The number of carbonyl (C=O) groups excluding carboxylic acids is 2. The van der Waals surface area contributed by atoms with Gasteiger partial charge in [0.1, 0.15) is 16.9 Å². The number of hydrogen-bond donors (Lipinski definition) is 0. The molecule has 0 amide bonds. The van der Waals surface area contributed by atoms with E-state index in [1.54, 1.807) is 48.2 Å². The van der Waals surface area contributed by atoms with Crippen molar-refractivity contribution in [1.82, 2.24) is 4.90 Å². The number of sulfonamides is 1. The average Bonchev–Trinajstić information content (AvgIpc) is 3.67. The molecule has 0 saturated heterocycles. The Morgan fingerprint density at radius 3 is 2.20 bits per heavy atom. The Hall–Kier alpha value is -4.39. The molecule has 0 N–H and O–H groups in total. The summed E-state index contributed by atoms with van der Waals surface area (Å²) in [6.45, 7) is 1.69. The molecule has 2 heterocycles. The number of fused-ring (bicyclic) bond motifs is 3. The van der Waals surface area contributed by atoms with Crippen molar-refractivity contribution in [2.75, 3.05) is 4.31 Å². The van der Waals surface area contributed by atoms with E-state index in [4.69, 9.17) is 0 Å². The summed E-state index contributed by atoms with van der Waals surface area (Å²) in [6, 6.07) is 19.9. The van der Waals surface area contributed by atoms with Gasteiger partial charge in [-0.3, -0.25) is 18.8 Å². The SMILES string of the molecule is Cc1c(N(Cc2ccc(F)c(C(F)(F)F)c2)S(=O)(=O)c2ccc3c(c2)CN(C2C(=O)c4ccccc4C2=O)C3)sc2ccccc12. The highest BCUT2D eigenvalue weighted by Gasteiger charge is 2.44. The largest absolute Gasteiger partial charge is 0.419 e. The lowest BCUT2D eigenvalue weighted by Crippen LogP contribution is -2.39. The maximum atomic E-state index is 14.4. The van der Waals surface area contributed by atoms with Gasteiger partial charge in [-0.25, -0.2) is 12.8 Å². The third kappa shape index (κ3) is 4.91. The Morgan fingerprint density at radius 2 is 1.52 bits per heavy atom. The zero-order chi connectivity index (χ0) is 32.5. The number of hydrogen-bond acceptors (Lipinski definition) is 6. The third-order valence-corrected chi connectivity index (χ3v) is 11.7. The highest BCUT2D eigenvalue weighted by atomic mass is 32.2. The number of aryl methyl sites for hydroxylation is 1. The van der Waals surface area contributed by atoms with Crippen LogP contribution in [0, 0.1) is 12.7 Å².